The molecule has 1 aliphatic rings. The van der Waals surface area contributed by atoms with Crippen molar-refractivity contribution in [3.63, 3.8) is 0 Å². The van der Waals surface area contributed by atoms with E-state index in [1.54, 1.807) is 17.8 Å². The molecular formula is C15H12F2N2OS. The topological polar surface area (TPSA) is 42.0 Å². The summed E-state index contributed by atoms with van der Waals surface area (Å²) in [5.41, 5.74) is 0.637. The molecule has 0 aliphatic carbocycles. The van der Waals surface area contributed by atoms with Gasteiger partial charge in [-0.2, -0.15) is 4.39 Å². The lowest BCUT2D eigenvalue weighted by Gasteiger charge is -2.26. The Balaban J connectivity index is 1.85. The van der Waals surface area contributed by atoms with Crippen molar-refractivity contribution >= 4 is 17.7 Å². The van der Waals surface area contributed by atoms with Crippen LogP contribution in [0.4, 0.5) is 8.78 Å². The molecule has 1 aromatic heterocycles. The Bertz CT molecular complexity index is 693. The maximum atomic E-state index is 13.5. The quantitative estimate of drug-likeness (QED) is 0.865. The first-order chi connectivity index (χ1) is 10.1. The van der Waals surface area contributed by atoms with Crippen molar-refractivity contribution in [1.82, 2.24) is 10.3 Å². The molecule has 0 saturated carbocycles. The molecule has 108 valence electrons. The smallest absolute Gasteiger partial charge is 0.256 e. The van der Waals surface area contributed by atoms with Gasteiger partial charge in [0.15, 0.2) is 0 Å². The average Bonchev–Trinajstić information content (AvgIpc) is 2.48. The van der Waals surface area contributed by atoms with Crippen LogP contribution in [0.2, 0.25) is 0 Å². The van der Waals surface area contributed by atoms with Gasteiger partial charge in [-0.1, -0.05) is 0 Å². The van der Waals surface area contributed by atoms with Gasteiger partial charge < -0.3 is 5.32 Å². The first kappa shape index (κ1) is 14.0. The molecule has 6 heteroatoms. The molecule has 0 radical (unpaired) electrons. The summed E-state index contributed by atoms with van der Waals surface area (Å²) in [6.07, 6.45) is 1.96. The van der Waals surface area contributed by atoms with Crippen molar-refractivity contribution in [2.45, 2.75) is 17.4 Å². The molecule has 1 aliphatic heterocycles. The van der Waals surface area contributed by atoms with Gasteiger partial charge in [-0.15, -0.1) is 11.8 Å². The highest BCUT2D eigenvalue weighted by atomic mass is 32.2. The summed E-state index contributed by atoms with van der Waals surface area (Å²) >= 11 is 1.62. The summed E-state index contributed by atoms with van der Waals surface area (Å²) in [4.78, 5) is 16.5. The number of benzene rings is 1. The van der Waals surface area contributed by atoms with E-state index in [0.717, 1.165) is 16.2 Å². The van der Waals surface area contributed by atoms with E-state index in [1.807, 2.05) is 0 Å². The molecule has 1 unspecified atom stereocenters. The number of hydrogen-bond acceptors (Lipinski definition) is 3. The molecule has 3 nitrogen and oxygen atoms in total. The number of halogens is 2. The lowest BCUT2D eigenvalue weighted by atomic mass is 10.0. The summed E-state index contributed by atoms with van der Waals surface area (Å²) < 4.78 is 26.9. The van der Waals surface area contributed by atoms with Crippen molar-refractivity contribution in [2.75, 3.05) is 5.75 Å². The van der Waals surface area contributed by atoms with Crippen LogP contribution in [0, 0.1) is 11.8 Å². The number of pyridine rings is 1. The molecule has 2 aromatic rings. The van der Waals surface area contributed by atoms with Crippen LogP contribution >= 0.6 is 11.8 Å². The Kier molecular flexibility index (Phi) is 3.88. The Morgan fingerprint density at radius 1 is 1.33 bits per heavy atom. The number of rotatable bonds is 2. The second-order valence-electron chi connectivity index (χ2n) is 4.69. The van der Waals surface area contributed by atoms with Crippen LogP contribution in [0.1, 0.15) is 28.4 Å². The number of hydrogen-bond donors (Lipinski definition) is 1. The van der Waals surface area contributed by atoms with Crippen LogP contribution in [-0.2, 0) is 0 Å². The first-order valence-electron chi connectivity index (χ1n) is 6.49. The van der Waals surface area contributed by atoms with Gasteiger partial charge in [-0.25, -0.2) is 9.37 Å². The van der Waals surface area contributed by atoms with Gasteiger partial charge in [0, 0.05) is 16.8 Å². The predicted molar refractivity (Wildman–Crippen MR) is 76.1 cm³/mol. The van der Waals surface area contributed by atoms with Gasteiger partial charge in [-0.05, 0) is 42.3 Å². The number of carbonyl (C=O) groups is 1. The highest BCUT2D eigenvalue weighted by Gasteiger charge is 2.24. The Morgan fingerprint density at radius 3 is 3.00 bits per heavy atom. The maximum Gasteiger partial charge on any atom is 0.256 e. The van der Waals surface area contributed by atoms with E-state index in [1.165, 1.54) is 30.5 Å². The SMILES string of the molecule is O=C(NC1CCSc2ccc(F)cc21)c1cccnc1F. The number of fused-ring (bicyclic) bond motifs is 1. The van der Waals surface area contributed by atoms with Gasteiger partial charge in [0.05, 0.1) is 11.6 Å². The summed E-state index contributed by atoms with van der Waals surface area (Å²) in [6, 6.07) is 7.09. The predicted octanol–water partition coefficient (Wildman–Crippen LogP) is 3.33. The van der Waals surface area contributed by atoms with E-state index in [9.17, 15) is 13.6 Å². The van der Waals surface area contributed by atoms with E-state index in [0.29, 0.717) is 6.42 Å². The molecule has 1 atom stereocenters. The minimum absolute atomic E-state index is 0.103. The first-order valence-corrected chi connectivity index (χ1v) is 7.47. The third kappa shape index (κ3) is 2.90. The molecule has 21 heavy (non-hydrogen) atoms. The second kappa shape index (κ2) is 5.81. The van der Waals surface area contributed by atoms with Crippen molar-refractivity contribution in [3.8, 4) is 0 Å². The van der Waals surface area contributed by atoms with Gasteiger partial charge >= 0.3 is 0 Å². The number of nitrogens with one attached hydrogen (secondary N) is 1. The van der Waals surface area contributed by atoms with E-state index >= 15 is 0 Å². The monoisotopic (exact) mass is 306 g/mol. The number of carbonyl (C=O) groups excluding carboxylic acids is 1. The minimum atomic E-state index is -0.806. The number of amides is 1. The minimum Gasteiger partial charge on any atom is -0.345 e. The standard InChI is InChI=1S/C15H12F2N2OS/c16-9-3-4-13-11(8-9)12(5-7-21-13)19-15(20)10-2-1-6-18-14(10)17/h1-4,6,8,12H,5,7H2,(H,19,20). The number of aromatic nitrogens is 1. The van der Waals surface area contributed by atoms with Crippen molar-refractivity contribution in [1.29, 1.82) is 0 Å². The van der Waals surface area contributed by atoms with Crippen molar-refractivity contribution < 1.29 is 13.6 Å². The third-order valence-electron chi connectivity index (χ3n) is 3.32. The molecule has 0 fully saturated rings. The Labute approximate surface area is 124 Å². The molecule has 1 aromatic carbocycles. The highest BCUT2D eigenvalue weighted by molar-refractivity contribution is 7.99. The van der Waals surface area contributed by atoms with Crippen LogP contribution in [0.25, 0.3) is 0 Å². The van der Waals surface area contributed by atoms with E-state index in [4.69, 9.17) is 0 Å². The summed E-state index contributed by atoms with van der Waals surface area (Å²) in [6.45, 7) is 0. The highest BCUT2D eigenvalue weighted by Crippen LogP contribution is 2.36. The molecule has 0 spiro atoms. The lowest BCUT2D eigenvalue weighted by molar-refractivity contribution is 0.0930. The molecule has 2 heterocycles. The second-order valence-corrected chi connectivity index (χ2v) is 5.82. The van der Waals surface area contributed by atoms with E-state index in [-0.39, 0.29) is 17.4 Å². The normalized spacial score (nSPS) is 17.1. The lowest BCUT2D eigenvalue weighted by Crippen LogP contribution is -2.31. The van der Waals surface area contributed by atoms with Gasteiger partial charge in [-0.3, -0.25) is 4.79 Å². The summed E-state index contributed by atoms with van der Waals surface area (Å²) in [5, 5.41) is 2.76. The molecule has 1 amide bonds. The molecular weight excluding hydrogens is 294 g/mol. The van der Waals surface area contributed by atoms with E-state index in [2.05, 4.69) is 10.3 Å². The zero-order valence-corrected chi connectivity index (χ0v) is 11.8. The zero-order valence-electron chi connectivity index (χ0n) is 11.0. The van der Waals surface area contributed by atoms with E-state index < -0.39 is 11.9 Å². The fraction of sp³-hybridized carbons (Fsp3) is 0.200. The van der Waals surface area contributed by atoms with Crippen molar-refractivity contribution in [3.05, 3.63) is 59.4 Å². The average molecular weight is 306 g/mol. The van der Waals surface area contributed by atoms with Gasteiger partial charge in [0.1, 0.15) is 5.82 Å². The Morgan fingerprint density at radius 2 is 2.19 bits per heavy atom. The largest absolute Gasteiger partial charge is 0.345 e. The zero-order chi connectivity index (χ0) is 14.8. The third-order valence-corrected chi connectivity index (χ3v) is 4.44. The molecule has 0 saturated heterocycles. The van der Waals surface area contributed by atoms with Crippen LogP contribution < -0.4 is 5.32 Å². The van der Waals surface area contributed by atoms with Gasteiger partial charge in [0.2, 0.25) is 5.95 Å². The van der Waals surface area contributed by atoms with Gasteiger partial charge in [0.25, 0.3) is 5.91 Å². The number of nitrogens with zero attached hydrogens (tertiary/aromatic N) is 1. The molecule has 0 bridgehead atoms. The molecule has 3 rings (SSSR count). The van der Waals surface area contributed by atoms with Crippen molar-refractivity contribution in [2.24, 2.45) is 0 Å². The summed E-state index contributed by atoms with van der Waals surface area (Å²) in [5.74, 6) is -0.866. The van der Waals surface area contributed by atoms with Crippen LogP contribution in [0.3, 0.4) is 0 Å². The van der Waals surface area contributed by atoms with Crippen LogP contribution in [0.15, 0.2) is 41.4 Å². The fourth-order valence-electron chi connectivity index (χ4n) is 2.31. The Hall–Kier alpha value is -1.95. The van der Waals surface area contributed by atoms with Crippen LogP contribution in [-0.4, -0.2) is 16.6 Å². The summed E-state index contributed by atoms with van der Waals surface area (Å²) in [7, 11) is 0. The van der Waals surface area contributed by atoms with Crippen LogP contribution in [0.5, 0.6) is 0 Å². The maximum absolute atomic E-state index is 13.5. The molecule has 1 N–H and O–H groups in total. The fourth-order valence-corrected chi connectivity index (χ4v) is 3.41. The number of thioether (sulfide) groups is 1.